The van der Waals surface area contributed by atoms with Crippen molar-refractivity contribution in [1.82, 2.24) is 5.32 Å². The Morgan fingerprint density at radius 3 is 2.82 bits per heavy atom. The Bertz CT molecular complexity index is 728. The van der Waals surface area contributed by atoms with Crippen molar-refractivity contribution in [3.63, 3.8) is 0 Å². The van der Waals surface area contributed by atoms with Crippen LogP contribution in [0.5, 0.6) is 5.75 Å². The van der Waals surface area contributed by atoms with Crippen LogP contribution in [0.1, 0.15) is 26.3 Å². The third-order valence-corrected chi connectivity index (χ3v) is 3.17. The Kier molecular flexibility index (Phi) is 10.5. The molecular weight excluding hydrogens is 360 g/mol. The molecule has 1 unspecified atom stereocenters. The molecule has 28 heavy (non-hydrogen) atoms. The predicted molar refractivity (Wildman–Crippen MR) is 107 cm³/mol. The first-order chi connectivity index (χ1) is 13.3. The monoisotopic (exact) mass is 388 g/mol. The van der Waals surface area contributed by atoms with Gasteiger partial charge >= 0.3 is 0 Å². The molecule has 0 aliphatic rings. The van der Waals surface area contributed by atoms with Crippen LogP contribution in [-0.4, -0.2) is 45.1 Å². The molecule has 1 aromatic carbocycles. The number of hydrogen-bond donors (Lipinski definition) is 1. The van der Waals surface area contributed by atoms with Crippen LogP contribution in [-0.2, 0) is 14.3 Å². The zero-order valence-electron chi connectivity index (χ0n) is 16.9. The summed E-state index contributed by atoms with van der Waals surface area (Å²) in [6, 6.07) is 7.52. The number of aryl methyl sites for hydroxylation is 1. The molecule has 1 rings (SSSR count). The van der Waals surface area contributed by atoms with Crippen LogP contribution in [0.3, 0.4) is 0 Å². The molecular formula is C20H28N4O4. The average molecular weight is 388 g/mol. The first-order valence-electron chi connectivity index (χ1n) is 9.00. The lowest BCUT2D eigenvalue weighted by molar-refractivity contribution is -0.126. The van der Waals surface area contributed by atoms with Gasteiger partial charge in [0.25, 0.3) is 0 Å². The second-order valence-electron chi connectivity index (χ2n) is 7.04. The van der Waals surface area contributed by atoms with Gasteiger partial charge in [0.15, 0.2) is 6.23 Å². The van der Waals surface area contributed by atoms with E-state index in [4.69, 9.17) is 19.7 Å². The van der Waals surface area contributed by atoms with Gasteiger partial charge in [-0.1, -0.05) is 29.1 Å². The second-order valence-corrected chi connectivity index (χ2v) is 7.04. The van der Waals surface area contributed by atoms with Crippen molar-refractivity contribution in [3.8, 4) is 17.6 Å². The molecule has 0 saturated carbocycles. The molecule has 0 radical (unpaired) electrons. The van der Waals surface area contributed by atoms with E-state index in [0.29, 0.717) is 5.75 Å². The van der Waals surface area contributed by atoms with Crippen LogP contribution < -0.4 is 10.1 Å². The van der Waals surface area contributed by atoms with Gasteiger partial charge in [-0.25, -0.2) is 0 Å². The van der Waals surface area contributed by atoms with Crippen molar-refractivity contribution in [3.05, 3.63) is 40.3 Å². The summed E-state index contributed by atoms with van der Waals surface area (Å²) in [6.07, 6.45) is -0.782. The number of carbonyl (C=O) groups is 1. The number of ether oxygens (including phenoxy) is 3. The maximum atomic E-state index is 11.6. The van der Waals surface area contributed by atoms with Crippen molar-refractivity contribution in [1.29, 1.82) is 0 Å². The molecule has 0 fully saturated rings. The SMILES string of the molecule is Cc1cccc(OCC(N=[N+]=[N-])OCCOCC(=O)NCC#CC(C)(C)C)c1. The molecule has 1 atom stereocenters. The van der Waals surface area contributed by atoms with E-state index in [0.717, 1.165) is 5.56 Å². The Morgan fingerprint density at radius 2 is 2.14 bits per heavy atom. The van der Waals surface area contributed by atoms with Gasteiger partial charge in [-0.3, -0.25) is 4.79 Å². The number of nitrogens with zero attached hydrogens (tertiary/aromatic N) is 3. The Hall–Kier alpha value is -2.72. The zero-order chi connectivity index (χ0) is 20.8. The Morgan fingerprint density at radius 1 is 1.36 bits per heavy atom. The summed E-state index contributed by atoms with van der Waals surface area (Å²) in [5.41, 5.74) is 9.61. The lowest BCUT2D eigenvalue weighted by Crippen LogP contribution is -2.29. The fourth-order valence-electron chi connectivity index (χ4n) is 1.96. The largest absolute Gasteiger partial charge is 0.491 e. The van der Waals surface area contributed by atoms with Crippen molar-refractivity contribution in [2.24, 2.45) is 10.5 Å². The topological polar surface area (TPSA) is 106 Å². The van der Waals surface area contributed by atoms with Crippen LogP contribution >= 0.6 is 0 Å². The molecule has 0 aliphatic heterocycles. The standard InChI is InChI=1S/C20H28N4O4/c1-16-7-5-8-17(13-16)28-15-19(23-24-21)27-12-11-26-14-18(25)22-10-6-9-20(2,3)4/h5,7-8,13,19H,10-12,14-15H2,1-4H3,(H,22,25). The van der Waals surface area contributed by atoms with Gasteiger partial charge in [-0.05, 0) is 50.9 Å². The van der Waals surface area contributed by atoms with Gasteiger partial charge < -0.3 is 19.5 Å². The number of carbonyl (C=O) groups excluding carboxylic acids is 1. The number of hydrogen-bond acceptors (Lipinski definition) is 5. The fourth-order valence-corrected chi connectivity index (χ4v) is 1.96. The molecule has 0 aromatic heterocycles. The maximum absolute atomic E-state index is 11.6. The Labute approximate surface area is 166 Å². The number of benzene rings is 1. The smallest absolute Gasteiger partial charge is 0.246 e. The van der Waals surface area contributed by atoms with E-state index < -0.39 is 6.23 Å². The average Bonchev–Trinajstić information content (AvgIpc) is 2.62. The molecule has 8 heteroatoms. The van der Waals surface area contributed by atoms with E-state index in [-0.39, 0.29) is 44.3 Å². The minimum atomic E-state index is -0.782. The first-order valence-corrected chi connectivity index (χ1v) is 9.00. The van der Waals surface area contributed by atoms with Crippen LogP contribution in [0.25, 0.3) is 10.4 Å². The molecule has 8 nitrogen and oxygen atoms in total. The fraction of sp³-hybridized carbons (Fsp3) is 0.550. The summed E-state index contributed by atoms with van der Waals surface area (Å²) in [4.78, 5) is 14.4. The van der Waals surface area contributed by atoms with Gasteiger partial charge in [0.1, 0.15) is 19.0 Å². The second kappa shape index (κ2) is 12.6. The van der Waals surface area contributed by atoms with Crippen LogP contribution in [0.2, 0.25) is 0 Å². The minimum Gasteiger partial charge on any atom is -0.491 e. The Balaban J connectivity index is 2.21. The quantitative estimate of drug-likeness (QED) is 0.206. The third-order valence-electron chi connectivity index (χ3n) is 3.17. The van der Waals surface area contributed by atoms with Gasteiger partial charge in [0.2, 0.25) is 5.91 Å². The number of azide groups is 1. The molecule has 0 saturated heterocycles. The van der Waals surface area contributed by atoms with Gasteiger partial charge in [-0.15, -0.1) is 0 Å². The van der Waals surface area contributed by atoms with E-state index in [1.54, 1.807) is 0 Å². The molecule has 1 amide bonds. The summed E-state index contributed by atoms with van der Waals surface area (Å²) in [5, 5.41) is 6.20. The van der Waals surface area contributed by atoms with Gasteiger partial charge in [0, 0.05) is 10.3 Å². The summed E-state index contributed by atoms with van der Waals surface area (Å²) >= 11 is 0. The molecule has 0 aliphatic carbocycles. The van der Waals surface area contributed by atoms with Crippen LogP contribution in [0.15, 0.2) is 29.4 Å². The van der Waals surface area contributed by atoms with E-state index in [2.05, 4.69) is 27.2 Å². The van der Waals surface area contributed by atoms with E-state index in [1.165, 1.54) is 0 Å². The lowest BCUT2D eigenvalue weighted by Gasteiger charge is -2.14. The number of rotatable bonds is 11. The highest BCUT2D eigenvalue weighted by Gasteiger charge is 2.09. The first kappa shape index (κ1) is 23.3. The van der Waals surface area contributed by atoms with E-state index in [9.17, 15) is 4.79 Å². The van der Waals surface area contributed by atoms with E-state index >= 15 is 0 Å². The van der Waals surface area contributed by atoms with Crippen molar-refractivity contribution < 1.29 is 19.0 Å². The number of nitrogens with one attached hydrogen (secondary N) is 1. The molecule has 0 spiro atoms. The normalized spacial score (nSPS) is 11.6. The summed E-state index contributed by atoms with van der Waals surface area (Å²) in [5.74, 6) is 6.34. The molecule has 0 heterocycles. The van der Waals surface area contributed by atoms with Gasteiger partial charge in [-0.2, -0.15) is 0 Å². The molecule has 0 bridgehead atoms. The van der Waals surface area contributed by atoms with Gasteiger partial charge in [0.05, 0.1) is 19.8 Å². The number of amides is 1. The molecule has 1 N–H and O–H groups in total. The summed E-state index contributed by atoms with van der Waals surface area (Å²) in [6.45, 7) is 8.58. The van der Waals surface area contributed by atoms with Crippen LogP contribution in [0, 0.1) is 24.2 Å². The van der Waals surface area contributed by atoms with E-state index in [1.807, 2.05) is 52.0 Å². The zero-order valence-corrected chi connectivity index (χ0v) is 16.9. The summed E-state index contributed by atoms with van der Waals surface area (Å²) < 4.78 is 16.2. The highest BCUT2D eigenvalue weighted by atomic mass is 16.6. The lowest BCUT2D eigenvalue weighted by atomic mass is 9.98. The highest BCUT2D eigenvalue weighted by molar-refractivity contribution is 5.77. The minimum absolute atomic E-state index is 0.0838. The molecule has 1 aromatic rings. The van der Waals surface area contributed by atoms with Crippen molar-refractivity contribution in [2.75, 3.05) is 33.0 Å². The molecule has 152 valence electrons. The maximum Gasteiger partial charge on any atom is 0.246 e. The van der Waals surface area contributed by atoms with Crippen LogP contribution in [0.4, 0.5) is 0 Å². The predicted octanol–water partition coefficient (Wildman–Crippen LogP) is 3.21. The highest BCUT2D eigenvalue weighted by Crippen LogP contribution is 2.13. The summed E-state index contributed by atoms with van der Waals surface area (Å²) in [7, 11) is 0. The third kappa shape index (κ3) is 11.8. The van der Waals surface area contributed by atoms with Crippen molar-refractivity contribution in [2.45, 2.75) is 33.9 Å². The van der Waals surface area contributed by atoms with Crippen molar-refractivity contribution >= 4 is 5.91 Å².